The topological polar surface area (TPSA) is 0 Å². The molecule has 0 nitrogen and oxygen atoms in total. The monoisotopic (exact) mass is 576 g/mol. The van der Waals surface area contributed by atoms with Crippen molar-refractivity contribution in [2.45, 2.75) is 161 Å². The standard InChI is InChI=1S/C37H70P2/c1-28(2,3)35(29(4,5)6,30(7,8)9)25-22-23-26(36(38,31(10,11)12)32(13,14)15)27(24-25)37(39,33(16,17)18)34(19,20)21/h22-24H,38-39H2,1-21H3. The average Bonchev–Trinajstić information content (AvgIpc) is 2.59. The molecule has 228 valence electrons. The van der Waals surface area contributed by atoms with Crippen molar-refractivity contribution in [2.24, 2.45) is 37.9 Å². The molecule has 0 N–H and O–H groups in total. The Morgan fingerprint density at radius 2 is 0.615 bits per heavy atom. The normalized spacial score (nSPS) is 16.1. The zero-order valence-corrected chi connectivity index (χ0v) is 32.7. The lowest BCUT2D eigenvalue weighted by atomic mass is 9.42. The fraction of sp³-hybridized carbons (Fsp3) is 0.838. The highest BCUT2D eigenvalue weighted by Crippen LogP contribution is 2.67. The first kappa shape index (κ1) is 37.1. The van der Waals surface area contributed by atoms with E-state index in [1.807, 2.05) is 0 Å². The molecule has 1 aromatic rings. The first-order valence-electron chi connectivity index (χ1n) is 15.3. The molecule has 0 radical (unpaired) electrons. The summed E-state index contributed by atoms with van der Waals surface area (Å²) in [5, 5.41) is -0.302. The predicted molar refractivity (Wildman–Crippen MR) is 187 cm³/mol. The van der Waals surface area contributed by atoms with E-state index in [-0.39, 0.29) is 53.6 Å². The van der Waals surface area contributed by atoms with Crippen LogP contribution in [0.25, 0.3) is 0 Å². The van der Waals surface area contributed by atoms with Gasteiger partial charge in [-0.05, 0) is 54.6 Å². The maximum Gasteiger partial charge on any atom is 0.0197 e. The van der Waals surface area contributed by atoms with Gasteiger partial charge in [-0.25, -0.2) is 0 Å². The van der Waals surface area contributed by atoms with Crippen molar-refractivity contribution in [2.75, 3.05) is 0 Å². The Morgan fingerprint density at radius 1 is 0.359 bits per heavy atom. The molecule has 0 aliphatic heterocycles. The summed E-state index contributed by atoms with van der Waals surface area (Å²) in [7, 11) is 6.85. The summed E-state index contributed by atoms with van der Waals surface area (Å²) in [4.78, 5) is 0. The van der Waals surface area contributed by atoms with Gasteiger partial charge in [0.2, 0.25) is 0 Å². The highest BCUT2D eigenvalue weighted by atomic mass is 31.0. The third-order valence-corrected chi connectivity index (χ3v) is 14.5. The highest BCUT2D eigenvalue weighted by Gasteiger charge is 2.60. The Labute approximate surface area is 251 Å². The van der Waals surface area contributed by atoms with Crippen molar-refractivity contribution in [3.05, 3.63) is 34.9 Å². The summed E-state index contributed by atoms with van der Waals surface area (Å²) < 4.78 is 0. The van der Waals surface area contributed by atoms with E-state index in [0.29, 0.717) is 0 Å². The van der Waals surface area contributed by atoms with Crippen LogP contribution in [-0.2, 0) is 15.7 Å². The molecule has 0 aliphatic carbocycles. The molecule has 1 aromatic carbocycles. The Hall–Kier alpha value is 0.0800. The van der Waals surface area contributed by atoms with Gasteiger partial charge in [0.15, 0.2) is 0 Å². The summed E-state index contributed by atoms with van der Waals surface area (Å²) in [6.07, 6.45) is 0. The lowest BCUT2D eigenvalue weighted by Gasteiger charge is -2.63. The molecule has 0 bridgehead atoms. The molecule has 0 saturated carbocycles. The van der Waals surface area contributed by atoms with Crippen LogP contribution in [0.4, 0.5) is 0 Å². The third-order valence-electron chi connectivity index (χ3n) is 10.4. The van der Waals surface area contributed by atoms with Crippen molar-refractivity contribution >= 4 is 18.5 Å². The molecule has 0 aliphatic rings. The fourth-order valence-corrected chi connectivity index (χ4v) is 10.5. The number of benzene rings is 1. The van der Waals surface area contributed by atoms with E-state index in [0.717, 1.165) is 0 Å². The minimum Gasteiger partial charge on any atom is -0.125 e. The Morgan fingerprint density at radius 3 is 0.846 bits per heavy atom. The molecule has 0 saturated heterocycles. The Kier molecular flexibility index (Phi) is 9.59. The first-order chi connectivity index (χ1) is 16.6. The zero-order valence-electron chi connectivity index (χ0n) is 30.4. The van der Waals surface area contributed by atoms with E-state index in [1.165, 1.54) is 16.7 Å². The van der Waals surface area contributed by atoms with Gasteiger partial charge in [0.25, 0.3) is 0 Å². The Bertz CT molecular complexity index is 943. The van der Waals surface area contributed by atoms with Gasteiger partial charge in [0, 0.05) is 15.7 Å². The van der Waals surface area contributed by atoms with E-state index in [1.54, 1.807) is 0 Å². The van der Waals surface area contributed by atoms with Crippen LogP contribution < -0.4 is 0 Å². The summed E-state index contributed by atoms with van der Waals surface area (Å²) in [5.41, 5.74) is 4.58. The largest absolute Gasteiger partial charge is 0.125 e. The molecular formula is C37H70P2. The van der Waals surface area contributed by atoms with Crippen LogP contribution in [0.5, 0.6) is 0 Å². The van der Waals surface area contributed by atoms with Gasteiger partial charge in [0.1, 0.15) is 0 Å². The SMILES string of the molecule is CC(C)(C)C(P)(c1ccc(C(C(C)(C)C)(C(C)(C)C)C(C)(C)C)cc1C(P)(C(C)(C)C)C(C)(C)C)C(C)(C)C. The van der Waals surface area contributed by atoms with Gasteiger partial charge in [0.05, 0.1) is 0 Å². The number of rotatable bonds is 3. The van der Waals surface area contributed by atoms with Gasteiger partial charge in [-0.15, -0.1) is 18.5 Å². The molecule has 0 spiro atoms. The van der Waals surface area contributed by atoms with E-state index >= 15 is 0 Å². The van der Waals surface area contributed by atoms with Crippen LogP contribution >= 0.6 is 18.5 Å². The fourth-order valence-electron chi connectivity index (χ4n) is 9.99. The van der Waals surface area contributed by atoms with Crippen LogP contribution in [-0.4, -0.2) is 0 Å². The van der Waals surface area contributed by atoms with E-state index in [9.17, 15) is 0 Å². The van der Waals surface area contributed by atoms with E-state index in [2.05, 4.69) is 182 Å². The zero-order chi connectivity index (χ0) is 31.9. The molecule has 2 heteroatoms. The molecule has 39 heavy (non-hydrogen) atoms. The van der Waals surface area contributed by atoms with E-state index < -0.39 is 0 Å². The minimum absolute atomic E-state index is 0.0124. The molecular weight excluding hydrogens is 506 g/mol. The van der Waals surface area contributed by atoms with Crippen LogP contribution in [0.2, 0.25) is 0 Å². The number of hydrogen-bond acceptors (Lipinski definition) is 0. The maximum absolute atomic E-state index is 3.44. The second-order valence-corrected chi connectivity index (χ2v) is 21.6. The lowest BCUT2D eigenvalue weighted by molar-refractivity contribution is -0.0445. The molecule has 0 amide bonds. The molecule has 2 unspecified atom stereocenters. The van der Waals surface area contributed by atoms with Crippen molar-refractivity contribution in [1.29, 1.82) is 0 Å². The maximum atomic E-state index is 3.44. The summed E-state index contributed by atoms with van der Waals surface area (Å²) >= 11 is 0. The smallest absolute Gasteiger partial charge is 0.0197 e. The van der Waals surface area contributed by atoms with Gasteiger partial charge in [-0.1, -0.05) is 164 Å². The van der Waals surface area contributed by atoms with Crippen molar-refractivity contribution in [3.8, 4) is 0 Å². The van der Waals surface area contributed by atoms with Crippen molar-refractivity contribution in [3.63, 3.8) is 0 Å². The summed E-state index contributed by atoms with van der Waals surface area (Å²) in [6.45, 7) is 51.3. The second kappa shape index (κ2) is 10.1. The molecule has 2 atom stereocenters. The Balaban J connectivity index is 4.77. The molecule has 0 fully saturated rings. The predicted octanol–water partition coefficient (Wildman–Crippen LogP) is 12.4. The number of hydrogen-bond donors (Lipinski definition) is 0. The third kappa shape index (κ3) is 5.60. The van der Waals surface area contributed by atoms with Gasteiger partial charge in [-0.2, -0.15) is 0 Å². The highest BCUT2D eigenvalue weighted by molar-refractivity contribution is 7.19. The second-order valence-electron chi connectivity index (χ2n) is 19.9. The molecule has 0 aromatic heterocycles. The van der Waals surface area contributed by atoms with Crippen LogP contribution in [0.1, 0.15) is 162 Å². The van der Waals surface area contributed by atoms with Gasteiger partial charge >= 0.3 is 0 Å². The van der Waals surface area contributed by atoms with Crippen molar-refractivity contribution < 1.29 is 0 Å². The van der Waals surface area contributed by atoms with Crippen LogP contribution in [0.3, 0.4) is 0 Å². The molecule has 1 rings (SSSR count). The van der Waals surface area contributed by atoms with Gasteiger partial charge < -0.3 is 0 Å². The van der Waals surface area contributed by atoms with Crippen LogP contribution in [0.15, 0.2) is 18.2 Å². The van der Waals surface area contributed by atoms with E-state index in [4.69, 9.17) is 0 Å². The average molecular weight is 577 g/mol. The quantitative estimate of drug-likeness (QED) is 0.314. The lowest BCUT2D eigenvalue weighted by Crippen LogP contribution is -2.59. The van der Waals surface area contributed by atoms with Crippen LogP contribution in [0, 0.1) is 37.9 Å². The summed E-state index contributed by atoms with van der Waals surface area (Å²) in [5.74, 6) is 0. The molecule has 0 heterocycles. The summed E-state index contributed by atoms with van der Waals surface area (Å²) in [6, 6.07) is 7.74. The van der Waals surface area contributed by atoms with Gasteiger partial charge in [-0.3, -0.25) is 0 Å². The first-order valence-corrected chi connectivity index (χ1v) is 16.5. The minimum atomic E-state index is -0.164. The van der Waals surface area contributed by atoms with Crippen molar-refractivity contribution in [1.82, 2.24) is 0 Å².